The van der Waals surface area contributed by atoms with E-state index in [0.717, 1.165) is 0 Å². The molecule has 4 heterocycles. The van der Waals surface area contributed by atoms with Crippen LogP contribution in [0.3, 0.4) is 0 Å². The highest BCUT2D eigenvalue weighted by Gasteiger charge is 2.85. The smallest absolute Gasteiger partial charge is 0.191 e. The lowest BCUT2D eigenvalue weighted by Crippen LogP contribution is -2.76. The fourth-order valence-electron chi connectivity index (χ4n) is 6.71. The number of Topliss-reactive ketones (excluding diaryl/α,β-unsaturated/α-hetero) is 1. The molecule has 6 bridgehead atoms. The minimum absolute atomic E-state index is 0.0253. The van der Waals surface area contributed by atoms with Crippen LogP contribution in [0.4, 0.5) is 0 Å². The zero-order valence-corrected chi connectivity index (χ0v) is 18.6. The summed E-state index contributed by atoms with van der Waals surface area (Å²) in [4.78, 5) is 13.9. The number of hydrogen-bond donors (Lipinski definition) is 1. The van der Waals surface area contributed by atoms with Gasteiger partial charge in [0.15, 0.2) is 11.6 Å². The largest absolute Gasteiger partial charge is 0.386 e. The van der Waals surface area contributed by atoms with Crippen molar-refractivity contribution in [3.63, 3.8) is 0 Å². The van der Waals surface area contributed by atoms with Crippen molar-refractivity contribution in [2.45, 2.75) is 88.4 Å². The Balaban J connectivity index is 2.04. The summed E-state index contributed by atoms with van der Waals surface area (Å²) in [6, 6.07) is 0. The Kier molecular flexibility index (Phi) is 4.94. The molecule has 0 aromatic heterocycles. The second-order valence-corrected chi connectivity index (χ2v) is 10.1. The van der Waals surface area contributed by atoms with Crippen LogP contribution in [-0.2, 0) is 28.5 Å². The van der Waals surface area contributed by atoms with Crippen LogP contribution >= 0.6 is 0 Å². The molecule has 5 rings (SSSR count). The van der Waals surface area contributed by atoms with Gasteiger partial charge in [0.05, 0.1) is 11.5 Å². The van der Waals surface area contributed by atoms with Gasteiger partial charge >= 0.3 is 0 Å². The molecule has 4 aliphatic heterocycles. The summed E-state index contributed by atoms with van der Waals surface area (Å²) in [5.41, 5.74) is -4.34. The van der Waals surface area contributed by atoms with Crippen molar-refractivity contribution in [1.82, 2.24) is 0 Å². The molecule has 0 unspecified atom stereocenters. The van der Waals surface area contributed by atoms with Gasteiger partial charge in [0.25, 0.3) is 0 Å². The molecule has 0 spiro atoms. The van der Waals surface area contributed by atoms with Gasteiger partial charge in [-0.2, -0.15) is 0 Å². The lowest BCUT2D eigenvalue weighted by Gasteiger charge is -2.61. The minimum atomic E-state index is -1.44. The van der Waals surface area contributed by atoms with Crippen LogP contribution in [0.5, 0.6) is 0 Å². The topological polar surface area (TPSA) is 83.5 Å². The van der Waals surface area contributed by atoms with E-state index < -0.39 is 52.2 Å². The van der Waals surface area contributed by atoms with E-state index in [1.807, 2.05) is 13.8 Å². The molecule has 1 aliphatic carbocycles. The number of methoxy groups -OCH3 is 1. The van der Waals surface area contributed by atoms with Gasteiger partial charge in [-0.25, -0.2) is 0 Å². The number of hydrogen-bond acceptors (Lipinski definition) is 7. The van der Waals surface area contributed by atoms with E-state index in [1.165, 1.54) is 7.11 Å². The van der Waals surface area contributed by atoms with Gasteiger partial charge in [-0.05, 0) is 33.1 Å². The van der Waals surface area contributed by atoms with Gasteiger partial charge in [-0.15, -0.1) is 13.2 Å². The molecule has 1 N–H and O–H groups in total. The lowest BCUT2D eigenvalue weighted by atomic mass is 9.55. The molecule has 5 aliphatic rings. The molecule has 0 aromatic carbocycles. The minimum Gasteiger partial charge on any atom is -0.386 e. The van der Waals surface area contributed by atoms with E-state index in [2.05, 4.69) is 13.2 Å². The highest BCUT2D eigenvalue weighted by molar-refractivity contribution is 5.90. The van der Waals surface area contributed by atoms with Crippen molar-refractivity contribution in [1.29, 1.82) is 0 Å². The molecule has 0 aromatic rings. The van der Waals surface area contributed by atoms with Gasteiger partial charge in [0, 0.05) is 12.5 Å². The third-order valence-corrected chi connectivity index (χ3v) is 7.96. The van der Waals surface area contributed by atoms with Crippen molar-refractivity contribution >= 4 is 5.78 Å². The van der Waals surface area contributed by atoms with E-state index in [0.29, 0.717) is 12.8 Å². The van der Waals surface area contributed by atoms with E-state index >= 15 is 0 Å². The van der Waals surface area contributed by atoms with E-state index in [4.69, 9.17) is 23.7 Å². The van der Waals surface area contributed by atoms with Crippen LogP contribution in [0.15, 0.2) is 25.3 Å². The average Bonchev–Trinajstić information content (AvgIpc) is 2.81. The normalized spacial score (nSPS) is 50.9. The first-order valence-electron chi connectivity index (χ1n) is 10.6. The van der Waals surface area contributed by atoms with Crippen molar-refractivity contribution in [2.24, 2.45) is 10.8 Å². The number of fused-ring (bicyclic) bond motifs is 3. The molecule has 7 nitrogen and oxygen atoms in total. The van der Waals surface area contributed by atoms with E-state index in [1.54, 1.807) is 26.0 Å². The van der Waals surface area contributed by atoms with Crippen LogP contribution in [0, 0.1) is 10.8 Å². The van der Waals surface area contributed by atoms with Crippen LogP contribution in [0.2, 0.25) is 0 Å². The zero-order valence-electron chi connectivity index (χ0n) is 18.6. The highest BCUT2D eigenvalue weighted by atomic mass is 16.7. The fourth-order valence-corrected chi connectivity index (χ4v) is 6.71. The first kappa shape index (κ1) is 22.1. The number of carbonyl (C=O) groups excluding carboxylic acids is 1. The molecule has 0 radical (unpaired) electrons. The highest BCUT2D eigenvalue weighted by Crippen LogP contribution is 2.71. The summed E-state index contributed by atoms with van der Waals surface area (Å²) in [6.07, 6.45) is 1.60. The maximum Gasteiger partial charge on any atom is 0.191 e. The Morgan fingerprint density at radius 2 is 1.80 bits per heavy atom. The van der Waals surface area contributed by atoms with Crippen LogP contribution < -0.4 is 0 Å². The first-order valence-corrected chi connectivity index (χ1v) is 10.6. The second kappa shape index (κ2) is 6.70. The number of ketones is 1. The third kappa shape index (κ3) is 2.39. The van der Waals surface area contributed by atoms with Crippen molar-refractivity contribution < 1.29 is 33.6 Å². The van der Waals surface area contributed by atoms with Crippen LogP contribution in [0.1, 0.15) is 47.0 Å². The SMILES string of the molecule is C=CC[C@]1(O)[C@]2(C)[C@H]3C[C@@]4(C)[C@H](OCOC)C(=O)[C@@H]2OC(C)(C)O[C@H]4[C@]1(CC=C)O3. The standard InChI is InChI=1S/C23H34O7/c1-8-10-22-18-20(5)12-14(28-22)21(6,23(22,25)11-9-2)17(29-19(3,4)30-18)15(24)16(20)27-13-26-7/h8-9,14,16-18,25H,1-2,10-13H2,3-7H3/t14-,16-,17+,18-,20+,21-,22+,23+/m1/s1. The van der Waals surface area contributed by atoms with Gasteiger partial charge in [0.2, 0.25) is 0 Å². The van der Waals surface area contributed by atoms with Crippen molar-refractivity contribution in [2.75, 3.05) is 13.9 Å². The molecule has 7 heteroatoms. The second-order valence-electron chi connectivity index (χ2n) is 10.1. The molecule has 5 fully saturated rings. The summed E-state index contributed by atoms with van der Waals surface area (Å²) < 4.78 is 30.7. The van der Waals surface area contributed by atoms with Gasteiger partial charge in [-0.1, -0.05) is 26.0 Å². The summed E-state index contributed by atoms with van der Waals surface area (Å²) in [7, 11) is 1.52. The Morgan fingerprint density at radius 3 is 2.40 bits per heavy atom. The van der Waals surface area contributed by atoms with E-state index in [-0.39, 0.29) is 19.0 Å². The summed E-state index contributed by atoms with van der Waals surface area (Å²) in [5.74, 6) is -1.26. The fraction of sp³-hybridized carbons (Fsp3) is 0.783. The quantitative estimate of drug-likeness (QED) is 0.499. The molecule has 168 valence electrons. The van der Waals surface area contributed by atoms with Gasteiger partial charge in [0.1, 0.15) is 36.3 Å². The van der Waals surface area contributed by atoms with Gasteiger partial charge < -0.3 is 28.8 Å². The van der Waals surface area contributed by atoms with Crippen molar-refractivity contribution in [3.05, 3.63) is 25.3 Å². The molecule has 0 amide bonds. The zero-order chi connectivity index (χ0) is 22.2. The summed E-state index contributed by atoms with van der Waals surface area (Å²) >= 11 is 0. The monoisotopic (exact) mass is 422 g/mol. The van der Waals surface area contributed by atoms with Crippen LogP contribution in [-0.4, -0.2) is 66.2 Å². The number of aliphatic hydroxyl groups is 1. The molecule has 4 saturated heterocycles. The first-order chi connectivity index (χ1) is 14.0. The number of carbonyl (C=O) groups is 1. The lowest BCUT2D eigenvalue weighted by molar-refractivity contribution is -0.368. The number of ether oxygens (including phenoxy) is 5. The predicted molar refractivity (Wildman–Crippen MR) is 109 cm³/mol. The average molecular weight is 423 g/mol. The molecular formula is C23H34O7. The predicted octanol–water partition coefficient (Wildman–Crippen LogP) is 2.52. The Labute approximate surface area is 178 Å². The van der Waals surface area contributed by atoms with Crippen LogP contribution in [0.25, 0.3) is 0 Å². The molecule has 1 saturated carbocycles. The molecule has 8 atom stereocenters. The Morgan fingerprint density at radius 1 is 1.13 bits per heavy atom. The summed E-state index contributed by atoms with van der Waals surface area (Å²) in [5, 5.41) is 12.4. The Hall–Kier alpha value is -1.09. The Bertz CT molecular complexity index is 765. The van der Waals surface area contributed by atoms with E-state index in [9.17, 15) is 9.90 Å². The maximum absolute atomic E-state index is 13.9. The van der Waals surface area contributed by atoms with Gasteiger partial charge in [-0.3, -0.25) is 4.79 Å². The number of rotatable bonds is 7. The maximum atomic E-state index is 13.9. The molecule has 30 heavy (non-hydrogen) atoms. The van der Waals surface area contributed by atoms with Crippen molar-refractivity contribution in [3.8, 4) is 0 Å². The molecular weight excluding hydrogens is 388 g/mol. The summed E-state index contributed by atoms with van der Waals surface area (Å²) in [6.45, 7) is 15.3. The third-order valence-electron chi connectivity index (χ3n) is 7.96.